The largest absolute Gasteiger partial charge is 0.310 e. The molecule has 2 heteroatoms. The summed E-state index contributed by atoms with van der Waals surface area (Å²) < 4.78 is 0. The molecule has 0 atom stereocenters. The highest BCUT2D eigenvalue weighted by Gasteiger charge is 2.37. The van der Waals surface area contributed by atoms with Crippen LogP contribution in [0.4, 0.5) is 34.1 Å². The fourth-order valence-corrected chi connectivity index (χ4v) is 14.1. The van der Waals surface area contributed by atoms with Gasteiger partial charge in [-0.05, 0) is 171 Å². The number of nitrogens with zero attached hydrogens (tertiary/aromatic N) is 2. The summed E-state index contributed by atoms with van der Waals surface area (Å²) in [5.74, 6) is 0. The van der Waals surface area contributed by atoms with Gasteiger partial charge < -0.3 is 9.80 Å². The van der Waals surface area contributed by atoms with Gasteiger partial charge in [0, 0.05) is 44.3 Å². The lowest BCUT2D eigenvalue weighted by Crippen LogP contribution is -2.12. The Balaban J connectivity index is 1.11. The molecule has 2 aliphatic rings. The summed E-state index contributed by atoms with van der Waals surface area (Å²) >= 11 is 0. The van der Waals surface area contributed by atoms with Crippen molar-refractivity contribution in [2.75, 3.05) is 9.80 Å². The number of hydrogen-bond acceptors (Lipinski definition) is 2. The van der Waals surface area contributed by atoms with Gasteiger partial charge in [0.1, 0.15) is 0 Å². The first-order chi connectivity index (χ1) is 40.8. The number of rotatable bonds is 10. The van der Waals surface area contributed by atoms with Gasteiger partial charge in [-0.15, -0.1) is 0 Å². The van der Waals surface area contributed by atoms with Crippen LogP contribution in [0.25, 0.3) is 132 Å². The summed E-state index contributed by atoms with van der Waals surface area (Å²) in [6.45, 7) is 0. The maximum atomic E-state index is 2.56. The van der Waals surface area contributed by atoms with Gasteiger partial charge in [-0.1, -0.05) is 243 Å². The van der Waals surface area contributed by atoms with Crippen LogP contribution in [0, 0.1) is 0 Å². The third-order valence-electron chi connectivity index (χ3n) is 17.4. The van der Waals surface area contributed by atoms with Gasteiger partial charge in [-0.2, -0.15) is 0 Å². The second kappa shape index (κ2) is 18.4. The Labute approximate surface area is 476 Å². The van der Waals surface area contributed by atoms with Gasteiger partial charge in [-0.3, -0.25) is 0 Å². The van der Waals surface area contributed by atoms with Crippen LogP contribution in [0.1, 0.15) is 0 Å². The molecule has 0 radical (unpaired) electrons. The Bertz CT molecular complexity index is 4570. The topological polar surface area (TPSA) is 6.48 Å². The zero-order valence-corrected chi connectivity index (χ0v) is 44.8. The first-order valence-corrected chi connectivity index (χ1v) is 28.4. The minimum Gasteiger partial charge on any atom is -0.310 e. The highest BCUT2D eigenvalue weighted by atomic mass is 15.2. The summed E-state index contributed by atoms with van der Waals surface area (Å²) in [4.78, 5) is 5.04. The predicted octanol–water partition coefficient (Wildman–Crippen LogP) is 22.6. The van der Waals surface area contributed by atoms with E-state index in [2.05, 4.69) is 313 Å². The first kappa shape index (κ1) is 46.1. The molecule has 0 saturated heterocycles. The Morgan fingerprint density at radius 2 is 0.402 bits per heavy atom. The predicted molar refractivity (Wildman–Crippen MR) is 348 cm³/mol. The number of hydrogen-bond donors (Lipinski definition) is 0. The van der Waals surface area contributed by atoms with Crippen molar-refractivity contribution < 1.29 is 0 Å². The number of fused-ring (bicyclic) bond motifs is 8. The van der Waals surface area contributed by atoms with Gasteiger partial charge in [0.15, 0.2) is 0 Å². The van der Waals surface area contributed by atoms with Crippen LogP contribution in [-0.4, -0.2) is 0 Å². The maximum Gasteiger partial charge on any atom is 0.0553 e. The van der Waals surface area contributed by atoms with Crippen molar-refractivity contribution in [3.05, 3.63) is 303 Å². The van der Waals surface area contributed by atoms with Gasteiger partial charge >= 0.3 is 0 Å². The van der Waals surface area contributed by atoms with Crippen LogP contribution in [0.3, 0.4) is 0 Å². The van der Waals surface area contributed by atoms with Gasteiger partial charge in [-0.25, -0.2) is 0 Å². The molecule has 0 spiro atoms. The highest BCUT2D eigenvalue weighted by Crippen LogP contribution is 2.64. The SMILES string of the molecule is c1ccc(-c2ccc(-c3ccccc3)c3c2-c2ccc4c5c(N(c6ccccc6)c6ccccc6)cc6c7c(ccc(c8c(N(c9ccccc9)c9ccccc9)cc-3c2c48)c75)-c2c(-c3ccccc3)ccc(-c3ccccc3)c2-6)cc1. The molecule has 0 unspecified atom stereocenters. The van der Waals surface area contributed by atoms with E-state index in [1.807, 2.05) is 0 Å². The number of para-hydroxylation sites is 4. The van der Waals surface area contributed by atoms with E-state index in [4.69, 9.17) is 0 Å². The average molecular weight is 1040 g/mol. The first-order valence-electron chi connectivity index (χ1n) is 28.4. The molecular weight excluding hydrogens is 989 g/mol. The summed E-state index contributed by atoms with van der Waals surface area (Å²) in [5.41, 5.74) is 26.4. The van der Waals surface area contributed by atoms with Crippen LogP contribution < -0.4 is 9.80 Å². The Morgan fingerprint density at radius 1 is 0.171 bits per heavy atom. The van der Waals surface area contributed by atoms with Crippen LogP contribution >= 0.6 is 0 Å². The molecule has 82 heavy (non-hydrogen) atoms. The lowest BCUT2D eigenvalue weighted by atomic mass is 9.83. The van der Waals surface area contributed by atoms with E-state index in [1.54, 1.807) is 0 Å². The highest BCUT2D eigenvalue weighted by molar-refractivity contribution is 6.45. The van der Waals surface area contributed by atoms with Crippen molar-refractivity contribution in [3.63, 3.8) is 0 Å². The van der Waals surface area contributed by atoms with Crippen LogP contribution in [0.5, 0.6) is 0 Å². The Hall–Kier alpha value is -10.8. The maximum absolute atomic E-state index is 2.56. The lowest BCUT2D eigenvalue weighted by Gasteiger charge is -2.31. The molecule has 17 rings (SSSR count). The molecule has 380 valence electrons. The second-order valence-electron chi connectivity index (χ2n) is 21.8. The van der Waals surface area contributed by atoms with Crippen molar-refractivity contribution in [1.82, 2.24) is 0 Å². The van der Waals surface area contributed by atoms with Crippen LogP contribution in [-0.2, 0) is 0 Å². The molecule has 0 saturated carbocycles. The minimum atomic E-state index is 1.10. The lowest BCUT2D eigenvalue weighted by molar-refractivity contribution is 1.30. The van der Waals surface area contributed by atoms with Crippen molar-refractivity contribution in [2.24, 2.45) is 0 Å². The van der Waals surface area contributed by atoms with E-state index in [9.17, 15) is 0 Å². The van der Waals surface area contributed by atoms with Gasteiger partial charge in [0.2, 0.25) is 0 Å². The molecule has 2 aliphatic carbocycles. The van der Waals surface area contributed by atoms with Crippen LogP contribution in [0.2, 0.25) is 0 Å². The van der Waals surface area contributed by atoms with Crippen molar-refractivity contribution >= 4 is 77.2 Å². The third kappa shape index (κ3) is 6.82. The van der Waals surface area contributed by atoms with E-state index < -0.39 is 0 Å². The number of benzene rings is 15. The van der Waals surface area contributed by atoms with Gasteiger partial charge in [0.05, 0.1) is 11.4 Å². The van der Waals surface area contributed by atoms with Crippen LogP contribution in [0.15, 0.2) is 303 Å². The molecule has 0 fully saturated rings. The number of anilines is 6. The monoisotopic (exact) mass is 1040 g/mol. The minimum absolute atomic E-state index is 1.10. The molecule has 0 aromatic heterocycles. The van der Waals surface area contributed by atoms with Crippen molar-refractivity contribution in [1.29, 1.82) is 0 Å². The molecule has 15 aromatic rings. The molecule has 0 aliphatic heterocycles. The van der Waals surface area contributed by atoms with E-state index in [1.165, 1.54) is 132 Å². The Kier molecular flexibility index (Phi) is 10.3. The summed E-state index contributed by atoms with van der Waals surface area (Å²) in [6, 6.07) is 113. The molecule has 0 N–H and O–H groups in total. The second-order valence-corrected chi connectivity index (χ2v) is 21.8. The smallest absolute Gasteiger partial charge is 0.0553 e. The standard InChI is InChI=1S/C80H50N2/c1-9-25-51(26-10-1)59-41-43-61(53-29-13-3-14-30-53)73-67-49-69(81(55-33-17-5-18-34-55)56-35-19-6-20-36-56)77-66-48-46-64-72-60(52-27-11-2-12-28-52)42-44-62(54-31-15-4-16-32-54)74(72)68-50-70(82(57-37-21-7-22-38-57)58-39-23-8-24-40-58)78(80(66)76(64)68)65-47-45-63(71(59)73)75(67)79(65)77/h1-50H. The quantitative estimate of drug-likeness (QED) is 0.0995. The fraction of sp³-hybridized carbons (Fsp3) is 0. The summed E-state index contributed by atoms with van der Waals surface area (Å²) in [6.07, 6.45) is 0. The van der Waals surface area contributed by atoms with Crippen molar-refractivity contribution in [3.8, 4) is 89.0 Å². The summed E-state index contributed by atoms with van der Waals surface area (Å²) in [7, 11) is 0. The van der Waals surface area contributed by atoms with E-state index in [0.717, 1.165) is 34.1 Å². The third-order valence-corrected chi connectivity index (χ3v) is 17.4. The summed E-state index contributed by atoms with van der Waals surface area (Å²) in [5, 5.41) is 10.0. The van der Waals surface area contributed by atoms with Gasteiger partial charge in [0.25, 0.3) is 0 Å². The normalized spacial score (nSPS) is 11.9. The van der Waals surface area contributed by atoms with E-state index in [-0.39, 0.29) is 0 Å². The molecule has 15 aromatic carbocycles. The van der Waals surface area contributed by atoms with E-state index >= 15 is 0 Å². The molecule has 2 nitrogen and oxygen atoms in total. The fourth-order valence-electron chi connectivity index (χ4n) is 14.1. The zero-order valence-electron chi connectivity index (χ0n) is 44.8. The zero-order chi connectivity index (χ0) is 53.8. The Morgan fingerprint density at radius 3 is 0.671 bits per heavy atom. The van der Waals surface area contributed by atoms with Crippen molar-refractivity contribution in [2.45, 2.75) is 0 Å². The molecule has 0 heterocycles. The van der Waals surface area contributed by atoms with E-state index in [0.29, 0.717) is 0 Å². The average Bonchev–Trinajstić information content (AvgIpc) is 1.62. The molecule has 0 amide bonds. The molecular formula is C80H50N2. The molecule has 0 bridgehead atoms.